The van der Waals surface area contributed by atoms with E-state index in [1.807, 2.05) is 11.9 Å². The lowest BCUT2D eigenvalue weighted by Gasteiger charge is -2.35. The Kier molecular flexibility index (Phi) is 17.6. The number of hydrogen-bond donors (Lipinski definition) is 4. The number of rotatable bonds is 9. The maximum Gasteiger partial charge on any atom is 0.418 e. The van der Waals surface area contributed by atoms with Crippen LogP contribution >= 0.6 is 0 Å². The highest BCUT2D eigenvalue weighted by atomic mass is 19.4. The number of methoxy groups -OCH3 is 2. The number of halogens is 3. The van der Waals surface area contributed by atoms with Gasteiger partial charge in [0.05, 0.1) is 25.3 Å². The van der Waals surface area contributed by atoms with Gasteiger partial charge in [0.2, 0.25) is 12.3 Å². The standard InChI is InChI=1S/C30H31F3N4O3.C8H13NO2.CH3NO.CH4O/c1-34-19-10-13-37(14-11-19)26-8-7-21(16-24(26)30(31,32)33)36-20-5-4-6-22(15-20)40-27-9-12-35-25-18-29(39-3)28(38-2)17-23(25)27;1-7(11)9-4-2-8(6-10)3-5-9;2-1-3;1-2/h4-9,12,15-19,34,36H,10-11,13-14H2,1-3H3;6,8H,2-5H2,1H3;1H,(H2,2,3);2H,1H3. The molecule has 0 aliphatic carbocycles. The predicted octanol–water partition coefficient (Wildman–Crippen LogP) is 6.15. The Morgan fingerprint density at radius 1 is 0.893 bits per heavy atom. The van der Waals surface area contributed by atoms with Crippen molar-refractivity contribution >= 4 is 46.6 Å². The molecule has 2 saturated heterocycles. The number of piperidine rings is 2. The first-order chi connectivity index (χ1) is 26.9. The number of ether oxygens (including phenoxy) is 3. The fraction of sp³-hybridized carbons (Fsp3) is 0.400. The molecular weight excluding hydrogens is 733 g/mol. The Morgan fingerprint density at radius 2 is 1.52 bits per heavy atom. The van der Waals surface area contributed by atoms with E-state index >= 15 is 0 Å². The summed E-state index contributed by atoms with van der Waals surface area (Å²) in [4.78, 5) is 37.7. The van der Waals surface area contributed by atoms with Crippen LogP contribution in [0.25, 0.3) is 10.9 Å². The summed E-state index contributed by atoms with van der Waals surface area (Å²) >= 11 is 0. The van der Waals surface area contributed by atoms with E-state index in [4.69, 9.17) is 24.1 Å². The number of primary amides is 1. The molecule has 0 spiro atoms. The van der Waals surface area contributed by atoms with Crippen LogP contribution in [0.2, 0.25) is 0 Å². The first-order valence-corrected chi connectivity index (χ1v) is 17.9. The van der Waals surface area contributed by atoms with Gasteiger partial charge >= 0.3 is 6.18 Å². The zero-order valence-corrected chi connectivity index (χ0v) is 32.3. The minimum absolute atomic E-state index is 0.120. The molecule has 3 aromatic carbocycles. The first kappa shape index (κ1) is 44.8. The van der Waals surface area contributed by atoms with Gasteiger partial charge in [0.15, 0.2) is 11.5 Å². The number of anilines is 3. The number of aliphatic hydroxyl groups is 1. The number of amides is 2. The number of nitrogens with one attached hydrogen (secondary N) is 2. The number of alkyl halides is 3. The lowest BCUT2D eigenvalue weighted by Crippen LogP contribution is -2.41. The second kappa shape index (κ2) is 22.1. The largest absolute Gasteiger partial charge is 0.493 e. The highest BCUT2D eigenvalue weighted by molar-refractivity contribution is 5.88. The quantitative estimate of drug-likeness (QED) is 0.144. The normalized spacial score (nSPS) is 14.4. The van der Waals surface area contributed by atoms with Crippen LogP contribution in [-0.2, 0) is 20.6 Å². The Bertz CT molecular complexity index is 1860. The van der Waals surface area contributed by atoms with Gasteiger partial charge in [-0.1, -0.05) is 6.07 Å². The molecule has 0 radical (unpaired) electrons. The highest BCUT2D eigenvalue weighted by Crippen LogP contribution is 2.41. The molecule has 16 heteroatoms. The lowest BCUT2D eigenvalue weighted by atomic mass is 9.99. The molecule has 2 fully saturated rings. The number of aromatic nitrogens is 1. The zero-order chi connectivity index (χ0) is 41.3. The molecule has 0 atom stereocenters. The third kappa shape index (κ3) is 12.5. The molecule has 4 aromatic rings. The average molecular weight is 785 g/mol. The summed E-state index contributed by atoms with van der Waals surface area (Å²) in [6.07, 6.45) is 1.67. The number of nitrogens with two attached hydrogens (primary N) is 1. The average Bonchev–Trinajstić information content (AvgIpc) is 3.21. The number of aldehydes is 1. The summed E-state index contributed by atoms with van der Waals surface area (Å²) in [6.45, 7) is 4.21. The fourth-order valence-corrected chi connectivity index (χ4v) is 6.34. The molecule has 1 aromatic heterocycles. The van der Waals surface area contributed by atoms with Crippen molar-refractivity contribution < 1.29 is 46.9 Å². The van der Waals surface area contributed by atoms with E-state index in [2.05, 4.69) is 21.4 Å². The molecule has 13 nitrogen and oxygen atoms in total. The number of pyridine rings is 1. The van der Waals surface area contributed by atoms with E-state index in [0.29, 0.717) is 59.0 Å². The van der Waals surface area contributed by atoms with Crippen molar-refractivity contribution in [2.45, 2.75) is 44.8 Å². The maximum atomic E-state index is 14.1. The smallest absolute Gasteiger partial charge is 0.418 e. The molecule has 56 heavy (non-hydrogen) atoms. The minimum atomic E-state index is -4.48. The molecule has 304 valence electrons. The molecule has 0 saturated carbocycles. The summed E-state index contributed by atoms with van der Waals surface area (Å²) in [5.41, 5.74) is 5.32. The van der Waals surface area contributed by atoms with Crippen LogP contribution in [0.15, 0.2) is 66.9 Å². The van der Waals surface area contributed by atoms with Crippen molar-refractivity contribution in [3.63, 3.8) is 0 Å². The molecule has 2 aliphatic rings. The predicted molar refractivity (Wildman–Crippen MR) is 210 cm³/mol. The van der Waals surface area contributed by atoms with Crippen molar-refractivity contribution in [1.82, 2.24) is 15.2 Å². The van der Waals surface area contributed by atoms with Crippen LogP contribution in [0.4, 0.5) is 30.2 Å². The number of likely N-dealkylation sites (tertiary alicyclic amines) is 1. The van der Waals surface area contributed by atoms with E-state index in [1.165, 1.54) is 6.07 Å². The van der Waals surface area contributed by atoms with Gasteiger partial charge in [0, 0.05) is 93.0 Å². The van der Waals surface area contributed by atoms with Crippen molar-refractivity contribution in [2.24, 2.45) is 11.7 Å². The first-order valence-electron chi connectivity index (χ1n) is 17.9. The van der Waals surface area contributed by atoms with Crippen molar-refractivity contribution in [3.05, 3.63) is 72.4 Å². The van der Waals surface area contributed by atoms with Crippen molar-refractivity contribution in [2.75, 3.05) is 64.8 Å². The topological polar surface area (TPSA) is 169 Å². The Labute approximate surface area is 324 Å². The van der Waals surface area contributed by atoms with E-state index < -0.39 is 11.7 Å². The van der Waals surface area contributed by atoms with Gasteiger partial charge in [-0.25, -0.2) is 0 Å². The van der Waals surface area contributed by atoms with Gasteiger partial charge in [-0.05, 0) is 75.2 Å². The SMILES string of the molecule is CC(=O)N1CCC(C=O)CC1.CNC1CCN(c2ccc(Nc3cccc(Oc4ccnc5cc(OC)c(OC)cc45)c3)cc2C(F)(F)F)CC1.CO.NC=O. The highest BCUT2D eigenvalue weighted by Gasteiger charge is 2.36. The summed E-state index contributed by atoms with van der Waals surface area (Å²) in [6, 6.07) is 17.1. The molecular formula is C40H51F3N6O7. The van der Waals surface area contributed by atoms with Gasteiger partial charge in [-0.2, -0.15) is 13.2 Å². The van der Waals surface area contributed by atoms with Gasteiger partial charge < -0.3 is 50.3 Å². The van der Waals surface area contributed by atoms with Crippen LogP contribution in [-0.4, -0.2) is 94.2 Å². The third-order valence-electron chi connectivity index (χ3n) is 9.28. The molecule has 3 heterocycles. The van der Waals surface area contributed by atoms with Gasteiger partial charge in [-0.15, -0.1) is 0 Å². The van der Waals surface area contributed by atoms with Crippen LogP contribution in [0.3, 0.4) is 0 Å². The van der Waals surface area contributed by atoms with E-state index in [-0.39, 0.29) is 23.9 Å². The molecule has 0 unspecified atom stereocenters. The van der Waals surface area contributed by atoms with Crippen LogP contribution in [0, 0.1) is 5.92 Å². The number of fused-ring (bicyclic) bond motifs is 1. The van der Waals surface area contributed by atoms with Crippen LogP contribution in [0.5, 0.6) is 23.0 Å². The monoisotopic (exact) mass is 784 g/mol. The maximum absolute atomic E-state index is 14.1. The lowest BCUT2D eigenvalue weighted by molar-refractivity contribution is -0.137. The second-order valence-corrected chi connectivity index (χ2v) is 12.7. The van der Waals surface area contributed by atoms with Gasteiger partial charge in [0.25, 0.3) is 0 Å². The van der Waals surface area contributed by atoms with E-state index in [9.17, 15) is 22.8 Å². The Balaban J connectivity index is 0.000000442. The minimum Gasteiger partial charge on any atom is -0.493 e. The molecule has 2 amide bonds. The van der Waals surface area contributed by atoms with Gasteiger partial charge in [-0.3, -0.25) is 14.6 Å². The number of carbonyl (C=O) groups excluding carboxylic acids is 3. The summed E-state index contributed by atoms with van der Waals surface area (Å²) in [5, 5.41) is 14.0. The number of benzene rings is 3. The van der Waals surface area contributed by atoms with Crippen molar-refractivity contribution in [1.29, 1.82) is 0 Å². The van der Waals surface area contributed by atoms with E-state index in [1.54, 1.807) is 86.8 Å². The number of nitrogens with zero attached hydrogens (tertiary/aromatic N) is 3. The third-order valence-corrected chi connectivity index (χ3v) is 9.28. The second-order valence-electron chi connectivity index (χ2n) is 12.7. The van der Waals surface area contributed by atoms with Crippen LogP contribution in [0.1, 0.15) is 38.2 Å². The molecule has 5 N–H and O–H groups in total. The zero-order valence-electron chi connectivity index (χ0n) is 32.3. The van der Waals surface area contributed by atoms with Gasteiger partial charge in [0.1, 0.15) is 17.8 Å². The number of aliphatic hydroxyl groups excluding tert-OH is 1. The Hall–Kier alpha value is -5.61. The molecule has 6 rings (SSSR count). The summed E-state index contributed by atoms with van der Waals surface area (Å²) < 4.78 is 59.2. The number of carbonyl (C=O) groups is 3. The summed E-state index contributed by atoms with van der Waals surface area (Å²) in [7, 11) is 5.99. The van der Waals surface area contributed by atoms with Crippen LogP contribution < -0.4 is 35.5 Å². The molecule has 0 bridgehead atoms. The fourth-order valence-electron chi connectivity index (χ4n) is 6.34. The molecule has 2 aliphatic heterocycles. The van der Waals surface area contributed by atoms with E-state index in [0.717, 1.165) is 57.6 Å². The number of hydrogen-bond acceptors (Lipinski definition) is 11. The van der Waals surface area contributed by atoms with Crippen molar-refractivity contribution in [3.8, 4) is 23.0 Å². The summed E-state index contributed by atoms with van der Waals surface area (Å²) in [5.74, 6) is 2.46. The Morgan fingerprint density at radius 3 is 2.09 bits per heavy atom.